The minimum atomic E-state index is -0.275. The second kappa shape index (κ2) is 7.73. The highest BCUT2D eigenvalue weighted by molar-refractivity contribution is 5.99. The Labute approximate surface area is 130 Å². The maximum Gasteiger partial charge on any atom is 0.309 e. The van der Waals surface area contributed by atoms with Crippen molar-refractivity contribution in [3.8, 4) is 0 Å². The molecule has 1 amide bonds. The summed E-state index contributed by atoms with van der Waals surface area (Å²) in [5.41, 5.74) is 1.12. The predicted octanol–water partition coefficient (Wildman–Crippen LogP) is 2.95. The van der Waals surface area contributed by atoms with Crippen molar-refractivity contribution >= 4 is 23.3 Å². The third kappa shape index (κ3) is 4.41. The van der Waals surface area contributed by atoms with Crippen LogP contribution in [0.4, 0.5) is 5.69 Å². The average molecular weight is 303 g/mol. The summed E-state index contributed by atoms with van der Waals surface area (Å²) < 4.78 is 5.03. The van der Waals surface area contributed by atoms with E-state index in [-0.39, 0.29) is 30.2 Å². The molecule has 0 heterocycles. The van der Waals surface area contributed by atoms with Crippen LogP contribution < -0.4 is 5.32 Å². The third-order valence-electron chi connectivity index (χ3n) is 3.75. The third-order valence-corrected chi connectivity index (χ3v) is 3.75. The van der Waals surface area contributed by atoms with Crippen LogP contribution in [-0.2, 0) is 14.3 Å². The van der Waals surface area contributed by atoms with Crippen LogP contribution in [0.3, 0.4) is 0 Å². The fraction of sp³-hybridized carbons (Fsp3) is 0.471. The SMILES string of the molecule is CCCC(=O)Nc1ccc(C(=O)COC(=O)C2CCC2)cc1. The van der Waals surface area contributed by atoms with Crippen LogP contribution in [0.1, 0.15) is 49.4 Å². The van der Waals surface area contributed by atoms with Crippen LogP contribution in [-0.4, -0.2) is 24.3 Å². The van der Waals surface area contributed by atoms with Crippen molar-refractivity contribution in [3.63, 3.8) is 0 Å². The largest absolute Gasteiger partial charge is 0.457 e. The average Bonchev–Trinajstić information content (AvgIpc) is 2.44. The number of hydrogen-bond acceptors (Lipinski definition) is 4. The van der Waals surface area contributed by atoms with Crippen LogP contribution >= 0.6 is 0 Å². The number of ether oxygens (including phenoxy) is 1. The van der Waals surface area contributed by atoms with Gasteiger partial charge in [0, 0.05) is 17.7 Å². The summed E-state index contributed by atoms with van der Waals surface area (Å²) in [6.07, 6.45) is 4.03. The lowest BCUT2D eigenvalue weighted by Crippen LogP contribution is -2.26. The van der Waals surface area contributed by atoms with E-state index in [1.54, 1.807) is 24.3 Å². The number of esters is 1. The number of nitrogens with one attached hydrogen (secondary N) is 1. The molecule has 2 rings (SSSR count). The summed E-state index contributed by atoms with van der Waals surface area (Å²) in [4.78, 5) is 35.0. The zero-order chi connectivity index (χ0) is 15.9. The van der Waals surface area contributed by atoms with Gasteiger partial charge in [-0.3, -0.25) is 14.4 Å². The smallest absolute Gasteiger partial charge is 0.309 e. The number of anilines is 1. The number of carbonyl (C=O) groups excluding carboxylic acids is 3. The molecule has 1 aliphatic carbocycles. The van der Waals surface area contributed by atoms with Gasteiger partial charge in [-0.05, 0) is 43.5 Å². The lowest BCUT2D eigenvalue weighted by atomic mass is 9.86. The Balaban J connectivity index is 1.82. The lowest BCUT2D eigenvalue weighted by Gasteiger charge is -2.22. The zero-order valence-electron chi connectivity index (χ0n) is 12.8. The molecule has 0 radical (unpaired) electrons. The monoisotopic (exact) mass is 303 g/mol. The molecule has 0 aliphatic heterocycles. The first-order valence-electron chi connectivity index (χ1n) is 7.70. The number of hydrogen-bond donors (Lipinski definition) is 1. The summed E-state index contributed by atoms with van der Waals surface area (Å²) in [6, 6.07) is 6.60. The fourth-order valence-electron chi connectivity index (χ4n) is 2.17. The molecule has 1 aliphatic rings. The van der Waals surface area contributed by atoms with Gasteiger partial charge in [-0.15, -0.1) is 0 Å². The van der Waals surface area contributed by atoms with E-state index in [4.69, 9.17) is 4.74 Å². The Bertz CT molecular complexity index is 546. The molecular weight excluding hydrogens is 282 g/mol. The van der Waals surface area contributed by atoms with E-state index in [1.165, 1.54) is 0 Å². The Hall–Kier alpha value is -2.17. The summed E-state index contributed by atoms with van der Waals surface area (Å²) in [7, 11) is 0. The molecule has 1 N–H and O–H groups in total. The number of benzene rings is 1. The van der Waals surface area contributed by atoms with Crippen molar-refractivity contribution < 1.29 is 19.1 Å². The summed E-state index contributed by atoms with van der Waals surface area (Å²) in [6.45, 7) is 1.71. The molecule has 0 unspecified atom stereocenters. The van der Waals surface area contributed by atoms with E-state index >= 15 is 0 Å². The van der Waals surface area contributed by atoms with Gasteiger partial charge in [0.15, 0.2) is 12.4 Å². The molecule has 1 aromatic rings. The van der Waals surface area contributed by atoms with Crippen LogP contribution in [0.15, 0.2) is 24.3 Å². The number of rotatable bonds is 7. The van der Waals surface area contributed by atoms with Crippen molar-refractivity contribution in [2.45, 2.75) is 39.0 Å². The van der Waals surface area contributed by atoms with Gasteiger partial charge in [0.05, 0.1) is 5.92 Å². The van der Waals surface area contributed by atoms with Gasteiger partial charge in [-0.2, -0.15) is 0 Å². The molecule has 118 valence electrons. The first kappa shape index (κ1) is 16.2. The lowest BCUT2D eigenvalue weighted by molar-refractivity contribution is -0.150. The Morgan fingerprint density at radius 3 is 2.41 bits per heavy atom. The number of carbonyl (C=O) groups is 3. The van der Waals surface area contributed by atoms with Crippen LogP contribution in [0.2, 0.25) is 0 Å². The molecule has 22 heavy (non-hydrogen) atoms. The van der Waals surface area contributed by atoms with Gasteiger partial charge in [-0.25, -0.2) is 0 Å². The van der Waals surface area contributed by atoms with E-state index in [0.717, 1.165) is 25.7 Å². The molecule has 1 fully saturated rings. The standard InChI is InChI=1S/C17H21NO4/c1-2-4-16(20)18-14-9-7-12(8-10-14)15(19)11-22-17(21)13-5-3-6-13/h7-10,13H,2-6,11H2,1H3,(H,18,20). The van der Waals surface area contributed by atoms with Gasteiger partial charge in [0.25, 0.3) is 0 Å². The molecule has 0 bridgehead atoms. The topological polar surface area (TPSA) is 72.5 Å². The van der Waals surface area contributed by atoms with Gasteiger partial charge >= 0.3 is 5.97 Å². The summed E-state index contributed by atoms with van der Waals surface area (Å²) >= 11 is 0. The van der Waals surface area contributed by atoms with E-state index in [2.05, 4.69) is 5.32 Å². The molecule has 1 saturated carbocycles. The predicted molar refractivity (Wildman–Crippen MR) is 82.6 cm³/mol. The number of Topliss-reactive ketones (excluding diaryl/α,β-unsaturated/α-hetero) is 1. The Kier molecular flexibility index (Phi) is 5.69. The van der Waals surface area contributed by atoms with Crippen molar-refractivity contribution in [2.24, 2.45) is 5.92 Å². The van der Waals surface area contributed by atoms with E-state index in [0.29, 0.717) is 17.7 Å². The highest BCUT2D eigenvalue weighted by Crippen LogP contribution is 2.27. The zero-order valence-corrected chi connectivity index (χ0v) is 12.8. The highest BCUT2D eigenvalue weighted by atomic mass is 16.5. The van der Waals surface area contributed by atoms with Crippen LogP contribution in [0.25, 0.3) is 0 Å². The normalized spacial score (nSPS) is 14.0. The minimum absolute atomic E-state index is 0.0241. The van der Waals surface area contributed by atoms with Gasteiger partial charge in [0.2, 0.25) is 5.91 Å². The van der Waals surface area contributed by atoms with Gasteiger partial charge < -0.3 is 10.1 Å². The Morgan fingerprint density at radius 1 is 1.18 bits per heavy atom. The molecule has 0 atom stereocenters. The quantitative estimate of drug-likeness (QED) is 0.621. The van der Waals surface area contributed by atoms with E-state index in [1.807, 2.05) is 6.92 Å². The second-order valence-electron chi connectivity index (χ2n) is 5.53. The van der Waals surface area contributed by atoms with Gasteiger partial charge in [0.1, 0.15) is 0 Å². The van der Waals surface area contributed by atoms with Crippen molar-refractivity contribution in [1.29, 1.82) is 0 Å². The molecule has 1 aromatic carbocycles. The van der Waals surface area contributed by atoms with Crippen molar-refractivity contribution in [2.75, 3.05) is 11.9 Å². The molecule has 0 saturated heterocycles. The number of ketones is 1. The van der Waals surface area contributed by atoms with Crippen LogP contribution in [0, 0.1) is 5.92 Å². The highest BCUT2D eigenvalue weighted by Gasteiger charge is 2.27. The minimum Gasteiger partial charge on any atom is -0.457 e. The maximum atomic E-state index is 11.9. The van der Waals surface area contributed by atoms with Crippen molar-refractivity contribution in [1.82, 2.24) is 0 Å². The fourth-order valence-corrected chi connectivity index (χ4v) is 2.17. The molecule has 5 heteroatoms. The van der Waals surface area contributed by atoms with E-state index < -0.39 is 0 Å². The number of amides is 1. The molecule has 0 aromatic heterocycles. The van der Waals surface area contributed by atoms with Gasteiger partial charge in [-0.1, -0.05) is 13.3 Å². The first-order chi connectivity index (χ1) is 10.6. The summed E-state index contributed by atoms with van der Waals surface area (Å²) in [5, 5.41) is 2.75. The first-order valence-corrected chi connectivity index (χ1v) is 7.70. The maximum absolute atomic E-state index is 11.9. The molecule has 0 spiro atoms. The Morgan fingerprint density at radius 2 is 1.86 bits per heavy atom. The summed E-state index contributed by atoms with van der Waals surface area (Å²) in [5.74, 6) is -0.581. The van der Waals surface area contributed by atoms with Crippen LogP contribution in [0.5, 0.6) is 0 Å². The molecular formula is C17H21NO4. The molecule has 5 nitrogen and oxygen atoms in total. The van der Waals surface area contributed by atoms with Crippen molar-refractivity contribution in [3.05, 3.63) is 29.8 Å². The van der Waals surface area contributed by atoms with E-state index in [9.17, 15) is 14.4 Å². The second-order valence-corrected chi connectivity index (χ2v) is 5.53.